The number of ether oxygens (including phenoxy) is 1. The van der Waals surface area contributed by atoms with E-state index >= 15 is 0 Å². The Morgan fingerprint density at radius 2 is 1.65 bits per heavy atom. The monoisotopic (exact) mass is 416 g/mol. The molecule has 0 radical (unpaired) electrons. The molecule has 0 saturated heterocycles. The third kappa shape index (κ3) is 4.23. The van der Waals surface area contributed by atoms with Gasteiger partial charge in [0.05, 0.1) is 0 Å². The van der Waals surface area contributed by atoms with Crippen molar-refractivity contribution in [3.8, 4) is 17.2 Å². The Morgan fingerprint density at radius 1 is 1.06 bits per heavy atom. The molecule has 1 aliphatic rings. The molecule has 2 aromatic carbocycles. The summed E-state index contributed by atoms with van der Waals surface area (Å²) in [6, 6.07) is 17.8. The Kier molecular flexibility index (Phi) is 5.89. The summed E-state index contributed by atoms with van der Waals surface area (Å²) in [6.07, 6.45) is -0.790. The Hall–Kier alpha value is -3.80. The van der Waals surface area contributed by atoms with Gasteiger partial charge in [0, 0.05) is 30.4 Å². The molecule has 1 heterocycles. The molecule has 1 amide bonds. The number of carbonyl (C=O) groups excluding carboxylic acids is 1. The highest BCUT2D eigenvalue weighted by Gasteiger charge is 2.29. The van der Waals surface area contributed by atoms with E-state index in [0.717, 1.165) is 22.3 Å². The SMILES string of the molecule is N#Cc1ncc(C(O)C(O)CNC(=O)OCC2c3ccccc3-c3ccccc32)cn1. The lowest BCUT2D eigenvalue weighted by molar-refractivity contribution is 0.0181. The largest absolute Gasteiger partial charge is 0.449 e. The summed E-state index contributed by atoms with van der Waals surface area (Å²) < 4.78 is 5.40. The van der Waals surface area contributed by atoms with E-state index in [4.69, 9.17) is 10.00 Å². The zero-order chi connectivity index (χ0) is 21.8. The van der Waals surface area contributed by atoms with Gasteiger partial charge >= 0.3 is 6.09 Å². The molecule has 8 nitrogen and oxygen atoms in total. The van der Waals surface area contributed by atoms with E-state index in [-0.39, 0.29) is 30.5 Å². The number of aliphatic hydroxyl groups excluding tert-OH is 2. The first-order chi connectivity index (χ1) is 15.1. The van der Waals surface area contributed by atoms with Crippen molar-refractivity contribution in [3.05, 3.63) is 83.4 Å². The van der Waals surface area contributed by atoms with Gasteiger partial charge in [0.25, 0.3) is 0 Å². The number of alkyl carbamates (subject to hydrolysis) is 1. The summed E-state index contributed by atoms with van der Waals surface area (Å²) in [5.41, 5.74) is 4.71. The Labute approximate surface area is 178 Å². The van der Waals surface area contributed by atoms with Crippen molar-refractivity contribution in [2.45, 2.75) is 18.1 Å². The maximum atomic E-state index is 12.2. The summed E-state index contributed by atoms with van der Waals surface area (Å²) in [7, 11) is 0. The molecule has 31 heavy (non-hydrogen) atoms. The van der Waals surface area contributed by atoms with E-state index in [1.165, 1.54) is 12.4 Å². The van der Waals surface area contributed by atoms with Crippen molar-refractivity contribution in [3.63, 3.8) is 0 Å². The second kappa shape index (κ2) is 8.92. The number of carbonyl (C=O) groups is 1. The first kappa shape index (κ1) is 20.5. The minimum absolute atomic E-state index is 0.0396. The number of nitrogens with zero attached hydrogens (tertiary/aromatic N) is 3. The van der Waals surface area contributed by atoms with Gasteiger partial charge < -0.3 is 20.3 Å². The highest BCUT2D eigenvalue weighted by atomic mass is 16.5. The van der Waals surface area contributed by atoms with Crippen LogP contribution in [0.4, 0.5) is 4.79 Å². The minimum Gasteiger partial charge on any atom is -0.449 e. The summed E-state index contributed by atoms with van der Waals surface area (Å²) in [5, 5.41) is 31.5. The average Bonchev–Trinajstić information content (AvgIpc) is 3.14. The third-order valence-corrected chi connectivity index (χ3v) is 5.28. The molecule has 2 atom stereocenters. The zero-order valence-electron chi connectivity index (χ0n) is 16.5. The van der Waals surface area contributed by atoms with E-state index in [1.54, 1.807) is 6.07 Å². The fraction of sp³-hybridized carbons (Fsp3) is 0.217. The Morgan fingerprint density at radius 3 is 2.23 bits per heavy atom. The van der Waals surface area contributed by atoms with Gasteiger partial charge in [-0.15, -0.1) is 0 Å². The molecule has 0 spiro atoms. The number of hydrogen-bond donors (Lipinski definition) is 3. The lowest BCUT2D eigenvalue weighted by Gasteiger charge is -2.19. The fourth-order valence-electron chi connectivity index (χ4n) is 3.72. The van der Waals surface area contributed by atoms with Gasteiger partial charge in [-0.3, -0.25) is 0 Å². The number of rotatable bonds is 6. The molecule has 3 aromatic rings. The van der Waals surface area contributed by atoms with Crippen LogP contribution in [0.25, 0.3) is 11.1 Å². The van der Waals surface area contributed by atoms with Crippen molar-refractivity contribution in [1.82, 2.24) is 15.3 Å². The predicted octanol–water partition coefficient (Wildman–Crippen LogP) is 2.28. The molecule has 1 aliphatic carbocycles. The van der Waals surface area contributed by atoms with E-state index in [9.17, 15) is 15.0 Å². The van der Waals surface area contributed by atoms with Crippen molar-refractivity contribution in [1.29, 1.82) is 5.26 Å². The Bertz CT molecular complexity index is 1080. The minimum atomic E-state index is -1.32. The topological polar surface area (TPSA) is 128 Å². The third-order valence-electron chi connectivity index (χ3n) is 5.28. The van der Waals surface area contributed by atoms with Crippen LogP contribution in [0, 0.1) is 11.3 Å². The highest BCUT2D eigenvalue weighted by Crippen LogP contribution is 2.44. The average molecular weight is 416 g/mol. The van der Waals surface area contributed by atoms with E-state index in [2.05, 4.69) is 27.4 Å². The van der Waals surface area contributed by atoms with Crippen LogP contribution in [0.5, 0.6) is 0 Å². The van der Waals surface area contributed by atoms with Crippen LogP contribution in [-0.2, 0) is 4.74 Å². The summed E-state index contributed by atoms with van der Waals surface area (Å²) >= 11 is 0. The second-order valence-corrected chi connectivity index (χ2v) is 7.17. The van der Waals surface area contributed by atoms with Crippen molar-refractivity contribution < 1.29 is 19.7 Å². The molecule has 0 saturated carbocycles. The first-order valence-electron chi connectivity index (χ1n) is 9.75. The van der Waals surface area contributed by atoms with Crippen molar-refractivity contribution in [2.75, 3.05) is 13.2 Å². The number of aromatic nitrogens is 2. The van der Waals surface area contributed by atoms with Crippen LogP contribution in [-0.4, -0.2) is 45.5 Å². The molecule has 0 aliphatic heterocycles. The number of hydrogen-bond acceptors (Lipinski definition) is 7. The van der Waals surface area contributed by atoms with Gasteiger partial charge in [-0.2, -0.15) is 5.26 Å². The number of amides is 1. The van der Waals surface area contributed by atoms with Gasteiger partial charge in [-0.1, -0.05) is 48.5 Å². The number of nitriles is 1. The molecule has 0 bridgehead atoms. The van der Waals surface area contributed by atoms with Crippen LogP contribution >= 0.6 is 0 Å². The predicted molar refractivity (Wildman–Crippen MR) is 111 cm³/mol. The lowest BCUT2D eigenvalue weighted by Crippen LogP contribution is -2.36. The van der Waals surface area contributed by atoms with Gasteiger partial charge in [0.1, 0.15) is 24.9 Å². The zero-order valence-corrected chi connectivity index (χ0v) is 16.5. The first-order valence-corrected chi connectivity index (χ1v) is 9.75. The normalized spacial score (nSPS) is 14.1. The molecule has 0 fully saturated rings. The Balaban J connectivity index is 1.33. The van der Waals surface area contributed by atoms with Crippen LogP contribution in [0.15, 0.2) is 60.9 Å². The van der Waals surface area contributed by atoms with Gasteiger partial charge in [0.15, 0.2) is 0 Å². The molecular formula is C23H20N4O4. The van der Waals surface area contributed by atoms with Crippen LogP contribution in [0.1, 0.15) is 34.5 Å². The van der Waals surface area contributed by atoms with Crippen LogP contribution in [0.3, 0.4) is 0 Å². The van der Waals surface area contributed by atoms with E-state index in [1.807, 2.05) is 36.4 Å². The maximum Gasteiger partial charge on any atom is 0.407 e. The number of fused-ring (bicyclic) bond motifs is 3. The second-order valence-electron chi connectivity index (χ2n) is 7.17. The van der Waals surface area contributed by atoms with E-state index in [0.29, 0.717) is 0 Å². The van der Waals surface area contributed by atoms with Crippen LogP contribution < -0.4 is 5.32 Å². The number of aliphatic hydroxyl groups is 2. The summed E-state index contributed by atoms with van der Waals surface area (Å²) in [5.74, 6) is -0.105. The van der Waals surface area contributed by atoms with E-state index < -0.39 is 18.3 Å². The smallest absolute Gasteiger partial charge is 0.407 e. The molecule has 4 rings (SSSR count). The number of benzene rings is 2. The van der Waals surface area contributed by atoms with Crippen molar-refractivity contribution in [2.24, 2.45) is 0 Å². The fourth-order valence-corrected chi connectivity index (χ4v) is 3.72. The molecule has 1 aromatic heterocycles. The number of nitrogens with one attached hydrogen (secondary N) is 1. The summed E-state index contributed by atoms with van der Waals surface area (Å²) in [6.45, 7) is -0.0696. The highest BCUT2D eigenvalue weighted by molar-refractivity contribution is 5.79. The molecule has 8 heteroatoms. The summed E-state index contributed by atoms with van der Waals surface area (Å²) in [4.78, 5) is 19.7. The molecule has 2 unspecified atom stereocenters. The molecular weight excluding hydrogens is 396 g/mol. The van der Waals surface area contributed by atoms with Gasteiger partial charge in [-0.05, 0) is 22.3 Å². The van der Waals surface area contributed by atoms with Gasteiger partial charge in [0.2, 0.25) is 5.82 Å². The van der Waals surface area contributed by atoms with Crippen LogP contribution in [0.2, 0.25) is 0 Å². The van der Waals surface area contributed by atoms with Gasteiger partial charge in [-0.25, -0.2) is 14.8 Å². The quantitative estimate of drug-likeness (QED) is 0.562. The maximum absolute atomic E-state index is 12.2. The molecule has 156 valence electrons. The standard InChI is InChI=1S/C23H20N4O4/c24-9-21-25-10-14(11-26-21)22(29)20(28)12-27-23(30)31-13-19-17-7-3-1-5-15(17)16-6-2-4-8-18(16)19/h1-8,10-11,19-20,22,28-29H,12-13H2,(H,27,30). The lowest BCUT2D eigenvalue weighted by atomic mass is 9.98. The molecule has 3 N–H and O–H groups in total. The van der Waals surface area contributed by atoms with Crippen molar-refractivity contribution >= 4 is 6.09 Å².